The number of nitrogens with one attached hydrogen (secondary N) is 1. The Morgan fingerprint density at radius 1 is 1.06 bits per heavy atom. The number of nitrogens with zero attached hydrogens (tertiary/aromatic N) is 2. The van der Waals surface area contributed by atoms with Crippen LogP contribution in [-0.2, 0) is 4.74 Å². The van der Waals surface area contributed by atoms with Gasteiger partial charge in [-0.15, -0.1) is 0 Å². The lowest BCUT2D eigenvalue weighted by Gasteiger charge is -2.27. The number of para-hydroxylation sites is 1. The molecule has 0 saturated heterocycles. The van der Waals surface area contributed by atoms with Crippen molar-refractivity contribution < 1.29 is 24.1 Å². The summed E-state index contributed by atoms with van der Waals surface area (Å²) in [7, 11) is 1.65. The topological polar surface area (TPSA) is 96.9 Å². The summed E-state index contributed by atoms with van der Waals surface area (Å²) >= 11 is 0. The number of aromatic hydroxyl groups is 1. The highest BCUT2D eigenvalue weighted by atomic mass is 16.5. The van der Waals surface area contributed by atoms with Crippen LogP contribution >= 0.6 is 0 Å². The molecule has 35 heavy (non-hydrogen) atoms. The zero-order chi connectivity index (χ0) is 24.8. The average Bonchev–Trinajstić information content (AvgIpc) is 3.40. The first kappa shape index (κ1) is 24.6. The van der Waals surface area contributed by atoms with E-state index in [1.54, 1.807) is 25.3 Å². The van der Waals surface area contributed by atoms with E-state index in [1.165, 1.54) is 0 Å². The third kappa shape index (κ3) is 4.98. The number of H-pyrrole nitrogens is 1. The average molecular weight is 480 g/mol. The minimum atomic E-state index is -0.397. The minimum Gasteiger partial charge on any atom is -0.507 e. The van der Waals surface area contributed by atoms with Crippen LogP contribution < -0.4 is 9.47 Å². The number of hydrogen-bond donors (Lipinski definition) is 2. The Morgan fingerprint density at radius 2 is 1.89 bits per heavy atom. The van der Waals surface area contributed by atoms with Gasteiger partial charge in [0.25, 0.3) is 5.91 Å². The highest BCUT2D eigenvalue weighted by molar-refractivity contribution is 6.00. The summed E-state index contributed by atoms with van der Waals surface area (Å²) in [6.07, 6.45) is 2.69. The molecule has 1 aliphatic heterocycles. The van der Waals surface area contributed by atoms with Gasteiger partial charge in [-0.3, -0.25) is 9.89 Å². The molecule has 1 aromatic heterocycles. The van der Waals surface area contributed by atoms with Crippen LogP contribution in [0.5, 0.6) is 17.2 Å². The van der Waals surface area contributed by atoms with Crippen molar-refractivity contribution in [1.29, 1.82) is 0 Å². The molecule has 2 N–H and O–H groups in total. The molecule has 8 nitrogen and oxygen atoms in total. The first-order valence-corrected chi connectivity index (χ1v) is 12.2. The number of benzene rings is 2. The molecule has 0 fully saturated rings. The van der Waals surface area contributed by atoms with E-state index in [0.29, 0.717) is 61.2 Å². The predicted molar refractivity (Wildman–Crippen MR) is 133 cm³/mol. The van der Waals surface area contributed by atoms with E-state index >= 15 is 0 Å². The van der Waals surface area contributed by atoms with Crippen LogP contribution in [-0.4, -0.2) is 59.6 Å². The number of rotatable bonds is 12. The van der Waals surface area contributed by atoms with Crippen molar-refractivity contribution in [3.05, 3.63) is 59.3 Å². The number of unbranched alkanes of at least 4 members (excludes halogenated alkanes) is 1. The van der Waals surface area contributed by atoms with Crippen LogP contribution in [0.2, 0.25) is 0 Å². The van der Waals surface area contributed by atoms with Gasteiger partial charge in [0.15, 0.2) is 11.5 Å². The minimum absolute atomic E-state index is 0.112. The lowest BCUT2D eigenvalue weighted by atomic mass is 9.95. The molecular formula is C27H33N3O5. The van der Waals surface area contributed by atoms with Gasteiger partial charge < -0.3 is 24.2 Å². The number of hydrogen-bond acceptors (Lipinski definition) is 6. The summed E-state index contributed by atoms with van der Waals surface area (Å²) in [6.45, 7) is 6.22. The number of aromatic nitrogens is 2. The number of carbonyl (C=O) groups is 1. The van der Waals surface area contributed by atoms with Gasteiger partial charge in [0.2, 0.25) is 0 Å². The highest BCUT2D eigenvalue weighted by Gasteiger charge is 2.42. The van der Waals surface area contributed by atoms with Crippen LogP contribution in [0.15, 0.2) is 42.5 Å². The first-order valence-electron chi connectivity index (χ1n) is 12.2. The van der Waals surface area contributed by atoms with Gasteiger partial charge in [-0.1, -0.05) is 31.5 Å². The van der Waals surface area contributed by atoms with Crippen molar-refractivity contribution in [2.75, 3.05) is 33.5 Å². The van der Waals surface area contributed by atoms with E-state index in [-0.39, 0.29) is 11.7 Å². The quantitative estimate of drug-likeness (QED) is 0.357. The van der Waals surface area contributed by atoms with Crippen molar-refractivity contribution in [3.63, 3.8) is 0 Å². The second-order valence-corrected chi connectivity index (χ2v) is 8.47. The maximum absolute atomic E-state index is 13.5. The summed E-state index contributed by atoms with van der Waals surface area (Å²) in [5.41, 5.74) is 3.21. The van der Waals surface area contributed by atoms with Crippen molar-refractivity contribution in [3.8, 4) is 28.5 Å². The van der Waals surface area contributed by atoms with Gasteiger partial charge in [0.1, 0.15) is 17.1 Å². The fourth-order valence-electron chi connectivity index (χ4n) is 4.44. The smallest absolute Gasteiger partial charge is 0.273 e. The van der Waals surface area contributed by atoms with Crippen molar-refractivity contribution in [2.45, 2.75) is 39.2 Å². The molecule has 0 aliphatic carbocycles. The van der Waals surface area contributed by atoms with Gasteiger partial charge in [0, 0.05) is 31.4 Å². The van der Waals surface area contributed by atoms with Gasteiger partial charge in [0.05, 0.1) is 19.3 Å². The summed E-state index contributed by atoms with van der Waals surface area (Å²) in [6, 6.07) is 12.5. The van der Waals surface area contributed by atoms with Gasteiger partial charge in [-0.2, -0.15) is 5.10 Å². The number of methoxy groups -OCH3 is 1. The van der Waals surface area contributed by atoms with Gasteiger partial charge in [-0.25, -0.2) is 0 Å². The zero-order valence-electron chi connectivity index (χ0n) is 20.5. The SMILES string of the molecule is CCCCOc1ccc(C2c3c(-c4ccccc4O)n[nH]c3C(=O)N2CCCOC)cc1OCC. The fourth-order valence-corrected chi connectivity index (χ4v) is 4.44. The Morgan fingerprint density at radius 3 is 2.63 bits per heavy atom. The molecule has 8 heteroatoms. The Labute approximate surface area is 205 Å². The van der Waals surface area contributed by atoms with E-state index in [9.17, 15) is 9.90 Å². The summed E-state index contributed by atoms with van der Waals surface area (Å²) in [4.78, 5) is 15.3. The lowest BCUT2D eigenvalue weighted by Crippen LogP contribution is -2.31. The zero-order valence-corrected chi connectivity index (χ0v) is 20.5. The van der Waals surface area contributed by atoms with Crippen LogP contribution in [0, 0.1) is 0 Å². The predicted octanol–water partition coefficient (Wildman–Crippen LogP) is 4.94. The molecule has 186 valence electrons. The van der Waals surface area contributed by atoms with Crippen molar-refractivity contribution in [1.82, 2.24) is 15.1 Å². The van der Waals surface area contributed by atoms with Crippen molar-refractivity contribution in [2.24, 2.45) is 0 Å². The molecule has 1 unspecified atom stereocenters. The first-order chi connectivity index (χ1) is 17.1. The van der Waals surface area contributed by atoms with Crippen LogP contribution in [0.25, 0.3) is 11.3 Å². The second kappa shape index (κ2) is 11.3. The largest absolute Gasteiger partial charge is 0.507 e. The van der Waals surface area contributed by atoms with E-state index in [0.717, 1.165) is 24.0 Å². The summed E-state index contributed by atoms with van der Waals surface area (Å²) < 4.78 is 17.1. The molecule has 0 bridgehead atoms. The van der Waals surface area contributed by atoms with Gasteiger partial charge in [-0.05, 0) is 49.6 Å². The third-order valence-electron chi connectivity index (χ3n) is 6.11. The maximum Gasteiger partial charge on any atom is 0.273 e. The normalized spacial score (nSPS) is 14.9. The summed E-state index contributed by atoms with van der Waals surface area (Å²) in [5, 5.41) is 17.9. The van der Waals surface area contributed by atoms with E-state index in [4.69, 9.17) is 14.2 Å². The Kier molecular flexibility index (Phi) is 7.92. The van der Waals surface area contributed by atoms with Crippen LogP contribution in [0.1, 0.15) is 60.8 Å². The standard InChI is InChI=1S/C27H33N3O5/c1-4-6-16-35-21-13-12-18(17-22(21)34-5-2)26-23-24(19-10-7-8-11-20(19)31)28-29-25(23)27(32)30(26)14-9-15-33-3/h7-8,10-13,17,26,31H,4-6,9,14-16H2,1-3H3,(H,28,29). The molecular weight excluding hydrogens is 446 g/mol. The molecule has 3 aromatic rings. The Balaban J connectivity index is 1.79. The molecule has 0 saturated carbocycles. The summed E-state index contributed by atoms with van der Waals surface area (Å²) in [5.74, 6) is 1.32. The number of aromatic amines is 1. The monoisotopic (exact) mass is 479 g/mol. The number of fused-ring (bicyclic) bond motifs is 1. The molecule has 4 rings (SSSR count). The van der Waals surface area contributed by atoms with Crippen LogP contribution in [0.3, 0.4) is 0 Å². The van der Waals surface area contributed by atoms with E-state index in [2.05, 4.69) is 17.1 Å². The number of phenols is 1. The highest BCUT2D eigenvalue weighted by Crippen LogP contribution is 2.45. The molecule has 0 radical (unpaired) electrons. The van der Waals surface area contributed by atoms with Crippen LogP contribution in [0.4, 0.5) is 0 Å². The van der Waals surface area contributed by atoms with Gasteiger partial charge >= 0.3 is 0 Å². The molecule has 1 aliphatic rings. The second-order valence-electron chi connectivity index (χ2n) is 8.47. The fraction of sp³-hybridized carbons (Fsp3) is 0.407. The van der Waals surface area contributed by atoms with Crippen molar-refractivity contribution >= 4 is 5.91 Å². The molecule has 2 aromatic carbocycles. The maximum atomic E-state index is 13.5. The number of amides is 1. The Bertz CT molecular complexity index is 1160. The Hall–Kier alpha value is -3.52. The number of carbonyl (C=O) groups excluding carboxylic acids is 1. The molecule has 0 spiro atoms. The third-order valence-corrected chi connectivity index (χ3v) is 6.11. The lowest BCUT2D eigenvalue weighted by molar-refractivity contribution is 0.0723. The number of phenolic OH excluding ortho intramolecular Hbond substituents is 1. The van der Waals surface area contributed by atoms with E-state index in [1.807, 2.05) is 36.1 Å². The molecule has 2 heterocycles. The van der Waals surface area contributed by atoms with E-state index < -0.39 is 6.04 Å². The molecule has 1 atom stereocenters. The number of ether oxygens (including phenoxy) is 3. The molecule has 1 amide bonds.